The maximum atomic E-state index is 12.0. The predicted molar refractivity (Wildman–Crippen MR) is 114 cm³/mol. The van der Waals surface area contributed by atoms with Crippen molar-refractivity contribution in [2.75, 3.05) is 18.4 Å². The van der Waals surface area contributed by atoms with Crippen LogP contribution in [0, 0.1) is 13.8 Å². The lowest BCUT2D eigenvalue weighted by Crippen LogP contribution is -2.50. The summed E-state index contributed by atoms with van der Waals surface area (Å²) in [4.78, 5) is 26.3. The number of aromatic amines is 1. The first-order valence-corrected chi connectivity index (χ1v) is 10.7. The van der Waals surface area contributed by atoms with Crippen molar-refractivity contribution in [3.05, 3.63) is 39.9 Å². The maximum absolute atomic E-state index is 12.0. The fourth-order valence-corrected chi connectivity index (χ4v) is 4.50. The minimum Gasteiger partial charge on any atom is -0.391 e. The minimum absolute atomic E-state index is 0.107. The number of anilines is 1. The zero-order valence-corrected chi connectivity index (χ0v) is 17.3. The molecule has 0 aromatic carbocycles. The molecule has 0 bridgehead atoms. The van der Waals surface area contributed by atoms with Gasteiger partial charge in [0.15, 0.2) is 0 Å². The molecular weight excluding hydrogens is 366 g/mol. The van der Waals surface area contributed by atoms with E-state index in [4.69, 9.17) is 0 Å². The van der Waals surface area contributed by atoms with Gasteiger partial charge in [0.2, 0.25) is 0 Å². The van der Waals surface area contributed by atoms with Crippen LogP contribution in [-0.4, -0.2) is 56.2 Å². The summed E-state index contributed by atoms with van der Waals surface area (Å²) in [5.41, 5.74) is 2.08. The van der Waals surface area contributed by atoms with Crippen LogP contribution >= 0.6 is 0 Å². The standard InChI is InChI=1S/C22H31N5O2/c1-14-15(2)24-21(26-22(14)29)16-7-8-20(23-13-16)25-17-9-11-27(12-10-17)18-5-3-4-6-19(18)28/h7-8,13,17-19,28H,3-6,9-12H2,1-2H3,(H,23,25)(H,24,26,29). The van der Waals surface area contributed by atoms with E-state index >= 15 is 0 Å². The molecule has 0 spiro atoms. The van der Waals surface area contributed by atoms with Gasteiger partial charge < -0.3 is 15.4 Å². The number of aliphatic hydroxyl groups is 1. The van der Waals surface area contributed by atoms with Crippen LogP contribution in [0.5, 0.6) is 0 Å². The third-order valence-corrected chi connectivity index (χ3v) is 6.48. The fourth-order valence-electron chi connectivity index (χ4n) is 4.50. The third kappa shape index (κ3) is 4.51. The van der Waals surface area contributed by atoms with Crippen molar-refractivity contribution in [3.63, 3.8) is 0 Å². The second kappa shape index (κ2) is 8.63. The van der Waals surface area contributed by atoms with Crippen LogP contribution in [0.4, 0.5) is 5.82 Å². The van der Waals surface area contributed by atoms with E-state index in [9.17, 15) is 9.90 Å². The molecule has 156 valence electrons. The van der Waals surface area contributed by atoms with Crippen molar-refractivity contribution < 1.29 is 5.11 Å². The average Bonchev–Trinajstić information content (AvgIpc) is 2.73. The summed E-state index contributed by atoms with van der Waals surface area (Å²) in [6, 6.07) is 4.62. The Hall–Kier alpha value is -2.25. The minimum atomic E-state index is -0.159. The second-order valence-corrected chi connectivity index (χ2v) is 8.43. The van der Waals surface area contributed by atoms with Crippen LogP contribution in [0.3, 0.4) is 0 Å². The normalized spacial score (nSPS) is 23.8. The summed E-state index contributed by atoms with van der Waals surface area (Å²) < 4.78 is 0. The Labute approximate surface area is 171 Å². The van der Waals surface area contributed by atoms with E-state index in [0.29, 0.717) is 23.5 Å². The number of nitrogens with zero attached hydrogens (tertiary/aromatic N) is 3. The second-order valence-electron chi connectivity index (χ2n) is 8.43. The number of likely N-dealkylation sites (tertiary alicyclic amines) is 1. The van der Waals surface area contributed by atoms with Gasteiger partial charge in [0, 0.05) is 48.2 Å². The van der Waals surface area contributed by atoms with Gasteiger partial charge >= 0.3 is 0 Å². The van der Waals surface area contributed by atoms with Gasteiger partial charge in [-0.3, -0.25) is 9.69 Å². The van der Waals surface area contributed by atoms with E-state index in [-0.39, 0.29) is 11.7 Å². The number of hydrogen-bond acceptors (Lipinski definition) is 6. The molecule has 1 saturated carbocycles. The molecule has 1 saturated heterocycles. The van der Waals surface area contributed by atoms with Gasteiger partial charge in [0.1, 0.15) is 11.6 Å². The number of pyridine rings is 1. The Kier molecular flexibility index (Phi) is 5.96. The monoisotopic (exact) mass is 397 g/mol. The van der Waals surface area contributed by atoms with Crippen molar-refractivity contribution >= 4 is 5.82 Å². The number of nitrogens with one attached hydrogen (secondary N) is 2. The van der Waals surface area contributed by atoms with E-state index < -0.39 is 0 Å². The number of aromatic nitrogens is 3. The Bertz CT molecular complexity index is 887. The molecule has 7 heteroatoms. The van der Waals surface area contributed by atoms with Gasteiger partial charge in [-0.15, -0.1) is 0 Å². The van der Waals surface area contributed by atoms with Crippen molar-refractivity contribution in [3.8, 4) is 11.4 Å². The van der Waals surface area contributed by atoms with Crippen LogP contribution in [0.25, 0.3) is 11.4 Å². The molecule has 0 amide bonds. The van der Waals surface area contributed by atoms with E-state index in [2.05, 4.69) is 25.2 Å². The van der Waals surface area contributed by atoms with Crippen LogP contribution in [0.2, 0.25) is 0 Å². The molecule has 2 aromatic heterocycles. The lowest BCUT2D eigenvalue weighted by atomic mass is 9.89. The molecule has 1 aliphatic heterocycles. The van der Waals surface area contributed by atoms with Gasteiger partial charge in [-0.25, -0.2) is 9.97 Å². The molecule has 4 rings (SSSR count). The van der Waals surface area contributed by atoms with Crippen LogP contribution in [0.15, 0.2) is 23.1 Å². The first-order chi connectivity index (χ1) is 14.0. The summed E-state index contributed by atoms with van der Waals surface area (Å²) in [6.07, 6.45) is 8.16. The van der Waals surface area contributed by atoms with Gasteiger partial charge in [-0.1, -0.05) is 12.8 Å². The highest BCUT2D eigenvalue weighted by Gasteiger charge is 2.31. The zero-order valence-electron chi connectivity index (χ0n) is 17.3. The lowest BCUT2D eigenvalue weighted by Gasteiger charge is -2.41. The topological polar surface area (TPSA) is 94.1 Å². The summed E-state index contributed by atoms with van der Waals surface area (Å²) in [6.45, 7) is 5.66. The number of rotatable bonds is 4. The molecular formula is C22H31N5O2. The molecule has 2 unspecified atom stereocenters. The van der Waals surface area contributed by atoms with Crippen molar-refractivity contribution in [1.82, 2.24) is 19.9 Å². The number of piperidine rings is 1. The summed E-state index contributed by atoms with van der Waals surface area (Å²) in [7, 11) is 0. The zero-order chi connectivity index (χ0) is 20.4. The lowest BCUT2D eigenvalue weighted by molar-refractivity contribution is 0.00992. The van der Waals surface area contributed by atoms with Crippen molar-refractivity contribution in [1.29, 1.82) is 0 Å². The first kappa shape index (κ1) is 20.0. The molecule has 2 aliphatic rings. The van der Waals surface area contributed by atoms with E-state index in [1.54, 1.807) is 13.1 Å². The Morgan fingerprint density at radius 3 is 2.55 bits per heavy atom. The average molecular weight is 398 g/mol. The van der Waals surface area contributed by atoms with Crippen LogP contribution < -0.4 is 10.9 Å². The highest BCUT2D eigenvalue weighted by Crippen LogP contribution is 2.26. The van der Waals surface area contributed by atoms with Crippen molar-refractivity contribution in [2.24, 2.45) is 0 Å². The number of aliphatic hydroxyl groups excluding tert-OH is 1. The van der Waals surface area contributed by atoms with Gasteiger partial charge in [-0.05, 0) is 51.7 Å². The SMILES string of the molecule is Cc1nc(-c2ccc(NC3CCN(C4CCCCC4O)CC3)nc2)[nH]c(=O)c1C. The van der Waals surface area contributed by atoms with E-state index in [1.165, 1.54) is 6.42 Å². The summed E-state index contributed by atoms with van der Waals surface area (Å²) >= 11 is 0. The molecule has 3 heterocycles. The molecule has 29 heavy (non-hydrogen) atoms. The molecule has 3 N–H and O–H groups in total. The highest BCUT2D eigenvalue weighted by atomic mass is 16.3. The third-order valence-electron chi connectivity index (χ3n) is 6.48. The number of hydrogen-bond donors (Lipinski definition) is 3. The number of aryl methyl sites for hydroxylation is 1. The Morgan fingerprint density at radius 2 is 1.90 bits per heavy atom. The maximum Gasteiger partial charge on any atom is 0.254 e. The molecule has 2 aromatic rings. The molecule has 2 fully saturated rings. The Morgan fingerprint density at radius 1 is 1.14 bits per heavy atom. The molecule has 1 aliphatic carbocycles. The number of H-pyrrole nitrogens is 1. The van der Waals surface area contributed by atoms with E-state index in [0.717, 1.165) is 62.3 Å². The van der Waals surface area contributed by atoms with Crippen molar-refractivity contribution in [2.45, 2.75) is 70.6 Å². The smallest absolute Gasteiger partial charge is 0.254 e. The largest absolute Gasteiger partial charge is 0.391 e. The van der Waals surface area contributed by atoms with Crippen LogP contribution in [0.1, 0.15) is 49.8 Å². The Balaban J connectivity index is 1.35. The molecule has 2 atom stereocenters. The fraction of sp³-hybridized carbons (Fsp3) is 0.591. The first-order valence-electron chi connectivity index (χ1n) is 10.7. The molecule has 0 radical (unpaired) electrons. The molecule has 7 nitrogen and oxygen atoms in total. The van der Waals surface area contributed by atoms with Gasteiger partial charge in [0.25, 0.3) is 5.56 Å². The summed E-state index contributed by atoms with van der Waals surface area (Å²) in [5, 5.41) is 13.8. The summed E-state index contributed by atoms with van der Waals surface area (Å²) in [5.74, 6) is 1.40. The van der Waals surface area contributed by atoms with Gasteiger partial charge in [-0.2, -0.15) is 0 Å². The predicted octanol–water partition coefficient (Wildman–Crippen LogP) is 2.63. The van der Waals surface area contributed by atoms with E-state index in [1.807, 2.05) is 19.1 Å². The highest BCUT2D eigenvalue weighted by molar-refractivity contribution is 5.56. The quantitative estimate of drug-likeness (QED) is 0.734. The van der Waals surface area contributed by atoms with Gasteiger partial charge in [0.05, 0.1) is 6.10 Å². The van der Waals surface area contributed by atoms with Crippen LogP contribution in [-0.2, 0) is 0 Å².